The minimum Gasteiger partial charge on any atom is -0.341 e. The summed E-state index contributed by atoms with van der Waals surface area (Å²) < 4.78 is 40.4. The lowest BCUT2D eigenvalue weighted by molar-refractivity contribution is -0.130. The van der Waals surface area contributed by atoms with Gasteiger partial charge in [0.15, 0.2) is 11.7 Å². The molecule has 1 N–H and O–H groups in total. The number of nitrogens with zero attached hydrogens (tertiary/aromatic N) is 2. The van der Waals surface area contributed by atoms with Crippen LogP contribution in [0.15, 0.2) is 33.6 Å². The molecular formula is C19H25N3O5S2. The van der Waals surface area contributed by atoms with E-state index in [0.29, 0.717) is 18.0 Å². The Labute approximate surface area is 173 Å². The van der Waals surface area contributed by atoms with Crippen molar-refractivity contribution in [3.8, 4) is 0 Å². The Morgan fingerprint density at radius 3 is 2.62 bits per heavy atom. The second-order valence-corrected chi connectivity index (χ2v) is 10.4. The Morgan fingerprint density at radius 2 is 1.93 bits per heavy atom. The molecule has 2 aliphatic heterocycles. The van der Waals surface area contributed by atoms with E-state index in [2.05, 4.69) is 9.71 Å². The Bertz CT molecular complexity index is 974. The van der Waals surface area contributed by atoms with E-state index in [4.69, 9.17) is 0 Å². The maximum Gasteiger partial charge on any atom is 0.286 e. The number of benzene rings is 1. The SMILES string of the molecule is CCCCCN1C(=O)C(C2=NS(=O)(=O)c3ccccc3N2)C(=O)[C@@H]1CCS(C)=O. The number of para-hydroxylation sites is 1. The first-order chi connectivity index (χ1) is 13.8. The number of amides is 1. The number of likely N-dealkylation sites (tertiary alicyclic amines) is 1. The molecule has 0 radical (unpaired) electrons. The molecule has 0 aliphatic carbocycles. The molecule has 10 heteroatoms. The van der Waals surface area contributed by atoms with Gasteiger partial charge >= 0.3 is 0 Å². The number of carbonyl (C=O) groups excluding carboxylic acids is 2. The molecule has 0 bridgehead atoms. The van der Waals surface area contributed by atoms with Crippen LogP contribution in [-0.4, -0.2) is 59.6 Å². The summed E-state index contributed by atoms with van der Waals surface area (Å²) in [5.74, 6) is -1.98. The molecule has 1 amide bonds. The average molecular weight is 440 g/mol. The van der Waals surface area contributed by atoms with Crippen LogP contribution in [0.5, 0.6) is 0 Å². The Hall–Kier alpha value is -2.07. The quantitative estimate of drug-likeness (QED) is 0.486. The molecule has 2 aliphatic rings. The van der Waals surface area contributed by atoms with Crippen LogP contribution in [0.1, 0.15) is 32.6 Å². The standard InChI is InChI=1S/C19H25N3O5S2/c1-3-4-7-11-22-14(10-12-28(2)25)17(23)16(19(22)24)18-20-13-8-5-6-9-15(13)29(26,27)21-18/h5-6,8-9,14,16H,3-4,7,10-12H2,1-2H3,(H,20,21)/t14-,16?,28?/m0/s1. The average Bonchev–Trinajstić information content (AvgIpc) is 2.89. The molecule has 0 saturated carbocycles. The van der Waals surface area contributed by atoms with Crippen LogP contribution in [0.2, 0.25) is 0 Å². The van der Waals surface area contributed by atoms with Crippen molar-refractivity contribution in [2.45, 2.75) is 43.5 Å². The van der Waals surface area contributed by atoms with E-state index in [1.54, 1.807) is 24.5 Å². The Balaban J connectivity index is 1.92. The number of fused-ring (bicyclic) bond motifs is 1. The summed E-state index contributed by atoms with van der Waals surface area (Å²) in [5, 5.41) is 2.87. The molecule has 8 nitrogen and oxygen atoms in total. The van der Waals surface area contributed by atoms with Gasteiger partial charge in [0.05, 0.1) is 11.7 Å². The first kappa shape index (κ1) is 21.6. The maximum atomic E-state index is 13.1. The highest BCUT2D eigenvalue weighted by molar-refractivity contribution is 7.90. The van der Waals surface area contributed by atoms with Gasteiger partial charge in [0.1, 0.15) is 10.7 Å². The number of amidine groups is 1. The van der Waals surface area contributed by atoms with Crippen LogP contribution in [0, 0.1) is 5.92 Å². The van der Waals surface area contributed by atoms with Crippen molar-refractivity contribution < 1.29 is 22.2 Å². The molecule has 2 unspecified atom stereocenters. The Kier molecular flexibility index (Phi) is 6.52. The molecule has 1 aromatic rings. The van der Waals surface area contributed by atoms with Gasteiger partial charge in [-0.05, 0) is 25.0 Å². The smallest absolute Gasteiger partial charge is 0.286 e. The van der Waals surface area contributed by atoms with Crippen molar-refractivity contribution >= 4 is 44.0 Å². The molecule has 1 aromatic carbocycles. The fourth-order valence-corrected chi connectivity index (χ4v) is 5.38. The van der Waals surface area contributed by atoms with Crippen molar-refractivity contribution in [3.63, 3.8) is 0 Å². The number of hydrogen-bond acceptors (Lipinski definition) is 6. The van der Waals surface area contributed by atoms with Gasteiger partial charge in [0.25, 0.3) is 10.0 Å². The van der Waals surface area contributed by atoms with Gasteiger partial charge in [0.2, 0.25) is 5.91 Å². The molecule has 158 valence electrons. The number of anilines is 1. The van der Waals surface area contributed by atoms with Crippen LogP contribution < -0.4 is 5.32 Å². The summed E-state index contributed by atoms with van der Waals surface area (Å²) in [4.78, 5) is 27.7. The van der Waals surface area contributed by atoms with Gasteiger partial charge in [-0.2, -0.15) is 8.42 Å². The molecule has 0 spiro atoms. The van der Waals surface area contributed by atoms with Gasteiger partial charge in [-0.15, -0.1) is 4.40 Å². The van der Waals surface area contributed by atoms with Gasteiger partial charge in [-0.25, -0.2) is 0 Å². The molecule has 3 rings (SSSR count). The van der Waals surface area contributed by atoms with E-state index in [0.717, 1.165) is 19.3 Å². The minimum atomic E-state index is -4.00. The third-order valence-corrected chi connectivity index (χ3v) is 7.28. The molecule has 2 heterocycles. The van der Waals surface area contributed by atoms with Crippen molar-refractivity contribution in [1.29, 1.82) is 0 Å². The van der Waals surface area contributed by atoms with Crippen molar-refractivity contribution in [2.24, 2.45) is 10.3 Å². The Morgan fingerprint density at radius 1 is 1.21 bits per heavy atom. The predicted octanol–water partition coefficient (Wildman–Crippen LogP) is 1.55. The van der Waals surface area contributed by atoms with Crippen LogP contribution in [0.25, 0.3) is 0 Å². The number of unbranched alkanes of at least 4 members (excludes halogenated alkanes) is 2. The monoisotopic (exact) mass is 439 g/mol. The topological polar surface area (TPSA) is 113 Å². The second kappa shape index (κ2) is 8.74. The zero-order valence-electron chi connectivity index (χ0n) is 16.5. The third kappa shape index (κ3) is 4.42. The summed E-state index contributed by atoms with van der Waals surface area (Å²) in [7, 11) is -5.10. The molecule has 29 heavy (non-hydrogen) atoms. The minimum absolute atomic E-state index is 0.0133. The van der Waals surface area contributed by atoms with Crippen LogP contribution in [-0.2, 0) is 30.4 Å². The first-order valence-electron chi connectivity index (χ1n) is 9.61. The van der Waals surface area contributed by atoms with Crippen molar-refractivity contribution in [1.82, 2.24) is 4.90 Å². The van der Waals surface area contributed by atoms with E-state index < -0.39 is 44.5 Å². The lowest BCUT2D eigenvalue weighted by Gasteiger charge is -2.23. The molecular weight excluding hydrogens is 414 g/mol. The molecule has 0 aromatic heterocycles. The van der Waals surface area contributed by atoms with E-state index in [1.807, 2.05) is 6.92 Å². The molecule has 3 atom stereocenters. The number of Topliss-reactive ketones (excluding diaryl/α,β-unsaturated/α-hetero) is 1. The van der Waals surface area contributed by atoms with E-state index in [9.17, 15) is 22.2 Å². The molecule has 1 saturated heterocycles. The second-order valence-electron chi connectivity index (χ2n) is 7.23. The van der Waals surface area contributed by atoms with Crippen LogP contribution in [0.3, 0.4) is 0 Å². The summed E-state index contributed by atoms with van der Waals surface area (Å²) in [6.07, 6.45) is 4.46. The van der Waals surface area contributed by atoms with Crippen LogP contribution in [0.4, 0.5) is 5.69 Å². The number of ketones is 1. The highest BCUT2D eigenvalue weighted by Gasteiger charge is 2.50. The third-order valence-electron chi connectivity index (χ3n) is 5.12. The van der Waals surface area contributed by atoms with Crippen molar-refractivity contribution in [3.05, 3.63) is 24.3 Å². The van der Waals surface area contributed by atoms with Crippen molar-refractivity contribution in [2.75, 3.05) is 23.9 Å². The van der Waals surface area contributed by atoms with Gasteiger partial charge in [-0.1, -0.05) is 31.9 Å². The van der Waals surface area contributed by atoms with E-state index >= 15 is 0 Å². The lowest BCUT2D eigenvalue weighted by Crippen LogP contribution is -2.38. The number of carbonyl (C=O) groups is 2. The fraction of sp³-hybridized carbons (Fsp3) is 0.526. The van der Waals surface area contributed by atoms with E-state index in [1.165, 1.54) is 11.0 Å². The highest BCUT2D eigenvalue weighted by Crippen LogP contribution is 2.32. The first-order valence-corrected chi connectivity index (χ1v) is 12.8. The van der Waals surface area contributed by atoms with Gasteiger partial charge in [0, 0.05) is 29.4 Å². The summed E-state index contributed by atoms with van der Waals surface area (Å²) in [6.45, 7) is 2.45. The number of hydrogen-bond donors (Lipinski definition) is 1. The molecule has 1 fully saturated rings. The zero-order chi connectivity index (χ0) is 21.2. The zero-order valence-corrected chi connectivity index (χ0v) is 18.1. The maximum absolute atomic E-state index is 13.1. The number of nitrogens with one attached hydrogen (secondary N) is 1. The summed E-state index contributed by atoms with van der Waals surface area (Å²) in [6, 6.07) is 5.53. The highest BCUT2D eigenvalue weighted by atomic mass is 32.2. The summed E-state index contributed by atoms with van der Waals surface area (Å²) in [5.41, 5.74) is 0.300. The van der Waals surface area contributed by atoms with Gasteiger partial charge < -0.3 is 10.2 Å². The number of rotatable bonds is 8. The number of sulfonamides is 1. The fourth-order valence-electron chi connectivity index (χ4n) is 3.67. The normalized spacial score (nSPS) is 24.1. The van der Waals surface area contributed by atoms with Crippen LogP contribution >= 0.6 is 0 Å². The lowest BCUT2D eigenvalue weighted by atomic mass is 10.0. The largest absolute Gasteiger partial charge is 0.341 e. The van der Waals surface area contributed by atoms with E-state index in [-0.39, 0.29) is 17.2 Å². The predicted molar refractivity (Wildman–Crippen MR) is 112 cm³/mol. The van der Waals surface area contributed by atoms with Gasteiger partial charge in [-0.3, -0.25) is 13.8 Å². The summed E-state index contributed by atoms with van der Waals surface area (Å²) >= 11 is 0.